The molecular weight excluding hydrogens is 163 g/mol. The molecule has 0 heterocycles. The largest absolute Gasteiger partial charge is 0.513 e. The van der Waals surface area contributed by atoms with Crippen LogP contribution in [0.1, 0.15) is 6.42 Å². The van der Waals surface area contributed by atoms with Gasteiger partial charge < -0.3 is 5.73 Å². The molecule has 60 valence electrons. The van der Waals surface area contributed by atoms with Crippen LogP contribution in [0.2, 0.25) is 0 Å². The lowest BCUT2D eigenvalue weighted by Gasteiger charge is -1.86. The molecule has 0 saturated heterocycles. The van der Waals surface area contributed by atoms with Gasteiger partial charge in [-0.2, -0.15) is 8.78 Å². The highest BCUT2D eigenvalue weighted by Gasteiger charge is 2.22. The second-order valence-corrected chi connectivity index (χ2v) is 2.89. The fourth-order valence-electron chi connectivity index (χ4n) is 0.362. The highest BCUT2D eigenvalue weighted by Crippen LogP contribution is 2.25. The van der Waals surface area contributed by atoms with E-state index in [-0.39, 0.29) is 6.16 Å². The SMILES string of the molecule is NCCC[P+](=O)OC(F)F. The maximum Gasteiger partial charge on any atom is 0.513 e. The summed E-state index contributed by atoms with van der Waals surface area (Å²) < 4.78 is 36.6. The molecule has 6 heteroatoms. The van der Waals surface area contributed by atoms with E-state index in [2.05, 4.69) is 4.52 Å². The minimum absolute atomic E-state index is 0.107. The van der Waals surface area contributed by atoms with Crippen molar-refractivity contribution in [2.24, 2.45) is 5.73 Å². The van der Waals surface area contributed by atoms with E-state index in [4.69, 9.17) is 5.73 Å². The van der Waals surface area contributed by atoms with Gasteiger partial charge in [-0.05, 0) is 11.1 Å². The zero-order valence-electron chi connectivity index (χ0n) is 5.30. The molecule has 0 bridgehead atoms. The molecule has 0 aromatic heterocycles. The quantitative estimate of drug-likeness (QED) is 0.636. The molecule has 0 aliphatic carbocycles. The van der Waals surface area contributed by atoms with E-state index in [1.165, 1.54) is 0 Å². The van der Waals surface area contributed by atoms with E-state index in [9.17, 15) is 13.3 Å². The first kappa shape index (κ1) is 9.88. The molecule has 0 amide bonds. The molecule has 0 aromatic rings. The lowest BCUT2D eigenvalue weighted by atomic mass is 10.5. The van der Waals surface area contributed by atoms with Crippen LogP contribution in [0.5, 0.6) is 0 Å². The fraction of sp³-hybridized carbons (Fsp3) is 1.00. The molecule has 0 radical (unpaired) electrons. The predicted molar refractivity (Wildman–Crippen MR) is 33.2 cm³/mol. The van der Waals surface area contributed by atoms with Gasteiger partial charge in [-0.25, -0.2) is 0 Å². The van der Waals surface area contributed by atoms with Crippen molar-refractivity contribution in [2.75, 3.05) is 12.7 Å². The first-order valence-corrected chi connectivity index (χ1v) is 4.12. The normalized spacial score (nSPS) is 12.2. The Hall–Kier alpha value is -0.120. The minimum Gasteiger partial charge on any atom is -0.330 e. The average Bonchev–Trinajstić information content (AvgIpc) is 1.82. The van der Waals surface area contributed by atoms with Gasteiger partial charge in [0, 0.05) is 6.42 Å². The van der Waals surface area contributed by atoms with Crippen molar-refractivity contribution in [3.63, 3.8) is 0 Å². The highest BCUT2D eigenvalue weighted by atomic mass is 31.1. The van der Waals surface area contributed by atoms with Crippen LogP contribution in [0.15, 0.2) is 0 Å². The number of hydrogen-bond acceptors (Lipinski definition) is 3. The van der Waals surface area contributed by atoms with Gasteiger partial charge in [0.15, 0.2) is 6.16 Å². The maximum absolute atomic E-state index is 11.3. The Morgan fingerprint density at radius 2 is 2.20 bits per heavy atom. The van der Waals surface area contributed by atoms with Crippen molar-refractivity contribution >= 4 is 8.03 Å². The minimum atomic E-state index is -2.94. The lowest BCUT2D eigenvalue weighted by molar-refractivity contribution is -0.0438. The Labute approximate surface area is 58.4 Å². The van der Waals surface area contributed by atoms with E-state index < -0.39 is 14.6 Å². The van der Waals surface area contributed by atoms with Crippen LogP contribution in [-0.2, 0) is 9.09 Å². The molecule has 0 rings (SSSR count). The Bertz CT molecular complexity index is 111. The van der Waals surface area contributed by atoms with E-state index >= 15 is 0 Å². The first-order valence-electron chi connectivity index (χ1n) is 2.76. The Kier molecular flexibility index (Phi) is 5.58. The number of alkyl halides is 2. The molecule has 3 nitrogen and oxygen atoms in total. The summed E-state index contributed by atoms with van der Waals surface area (Å²) in [7, 11) is -2.21. The zero-order valence-corrected chi connectivity index (χ0v) is 6.19. The van der Waals surface area contributed by atoms with Gasteiger partial charge >= 0.3 is 14.6 Å². The van der Waals surface area contributed by atoms with Crippen molar-refractivity contribution in [3.8, 4) is 0 Å². The molecule has 0 saturated carbocycles. The van der Waals surface area contributed by atoms with Crippen LogP contribution in [0.25, 0.3) is 0 Å². The first-order chi connectivity index (χ1) is 4.66. The van der Waals surface area contributed by atoms with E-state index in [0.717, 1.165) is 0 Å². The Morgan fingerprint density at radius 1 is 1.60 bits per heavy atom. The van der Waals surface area contributed by atoms with Crippen LogP contribution in [-0.4, -0.2) is 19.3 Å². The molecule has 0 aliphatic rings. The standard InChI is InChI=1S/C4H9F2NO2P/c5-4(6)9-10(8)3-1-2-7/h4H,1-3,7H2/q+1. The van der Waals surface area contributed by atoms with Gasteiger partial charge in [0.2, 0.25) is 0 Å². The Morgan fingerprint density at radius 3 is 2.60 bits per heavy atom. The second kappa shape index (κ2) is 5.65. The monoisotopic (exact) mass is 172 g/mol. The van der Waals surface area contributed by atoms with Crippen LogP contribution >= 0.6 is 8.03 Å². The zero-order chi connectivity index (χ0) is 7.98. The topological polar surface area (TPSA) is 52.3 Å². The predicted octanol–water partition coefficient (Wildman–Crippen LogP) is 1.32. The molecule has 10 heavy (non-hydrogen) atoms. The van der Waals surface area contributed by atoms with Crippen LogP contribution in [0, 0.1) is 0 Å². The van der Waals surface area contributed by atoms with E-state index in [1.54, 1.807) is 0 Å². The smallest absolute Gasteiger partial charge is 0.330 e. The van der Waals surface area contributed by atoms with Crippen LogP contribution in [0.4, 0.5) is 8.78 Å². The third kappa shape index (κ3) is 6.01. The van der Waals surface area contributed by atoms with E-state index in [0.29, 0.717) is 13.0 Å². The molecule has 2 N–H and O–H groups in total. The van der Waals surface area contributed by atoms with Gasteiger partial charge in [-0.1, -0.05) is 4.52 Å². The number of rotatable bonds is 5. The summed E-state index contributed by atoms with van der Waals surface area (Å²) in [5.74, 6) is 0. The van der Waals surface area contributed by atoms with Crippen molar-refractivity contribution in [1.82, 2.24) is 0 Å². The summed E-state index contributed by atoms with van der Waals surface area (Å²) in [4.78, 5) is 0. The molecule has 1 unspecified atom stereocenters. The molecule has 0 fully saturated rings. The molecule has 0 spiro atoms. The molecule has 0 aliphatic heterocycles. The number of hydrogen-bond donors (Lipinski definition) is 1. The van der Waals surface area contributed by atoms with Crippen molar-refractivity contribution in [3.05, 3.63) is 0 Å². The summed E-state index contributed by atoms with van der Waals surface area (Å²) in [5.41, 5.74) is 5.04. The van der Waals surface area contributed by atoms with Crippen molar-refractivity contribution in [2.45, 2.75) is 13.0 Å². The van der Waals surface area contributed by atoms with Gasteiger partial charge in [0.05, 0.1) is 0 Å². The third-order valence-corrected chi connectivity index (χ3v) is 1.82. The molecular formula is C4H9F2NO2P+. The Balaban J connectivity index is 3.26. The summed E-state index contributed by atoms with van der Waals surface area (Å²) in [6, 6.07) is 0. The summed E-state index contributed by atoms with van der Waals surface area (Å²) in [6.45, 7) is -2.60. The number of nitrogens with two attached hydrogens (primary N) is 1. The fourth-order valence-corrected chi connectivity index (χ4v) is 1.09. The maximum atomic E-state index is 11.3. The van der Waals surface area contributed by atoms with Crippen LogP contribution < -0.4 is 5.73 Å². The van der Waals surface area contributed by atoms with E-state index in [1.807, 2.05) is 0 Å². The molecule has 1 atom stereocenters. The average molecular weight is 172 g/mol. The summed E-state index contributed by atoms with van der Waals surface area (Å²) in [6.07, 6.45) is 0.554. The van der Waals surface area contributed by atoms with Gasteiger partial charge in [0.1, 0.15) is 0 Å². The van der Waals surface area contributed by atoms with Gasteiger partial charge in [0.25, 0.3) is 0 Å². The van der Waals surface area contributed by atoms with Gasteiger partial charge in [-0.15, -0.1) is 0 Å². The van der Waals surface area contributed by atoms with Crippen LogP contribution in [0.3, 0.4) is 0 Å². The van der Waals surface area contributed by atoms with Crippen molar-refractivity contribution in [1.29, 1.82) is 0 Å². The summed E-state index contributed by atoms with van der Waals surface area (Å²) in [5, 5.41) is 0. The number of halogens is 2. The highest BCUT2D eigenvalue weighted by molar-refractivity contribution is 7.39. The molecule has 0 aromatic carbocycles. The summed E-state index contributed by atoms with van der Waals surface area (Å²) >= 11 is 0. The van der Waals surface area contributed by atoms with Crippen molar-refractivity contribution < 1.29 is 17.9 Å². The second-order valence-electron chi connectivity index (χ2n) is 1.56. The lowest BCUT2D eigenvalue weighted by Crippen LogP contribution is -2.00. The van der Waals surface area contributed by atoms with Gasteiger partial charge in [-0.3, -0.25) is 0 Å². The third-order valence-electron chi connectivity index (χ3n) is 0.742.